The molecule has 0 aliphatic heterocycles. The monoisotopic (exact) mass is 993 g/mol. The summed E-state index contributed by atoms with van der Waals surface area (Å²) in [6.07, 6.45) is 11.9. The van der Waals surface area contributed by atoms with E-state index in [1.54, 1.807) is 0 Å². The second-order valence-corrected chi connectivity index (χ2v) is 17.1. The summed E-state index contributed by atoms with van der Waals surface area (Å²) in [7, 11) is 4.57. The number of halogens is 1. The van der Waals surface area contributed by atoms with Crippen molar-refractivity contribution >= 4 is 66.1 Å². The summed E-state index contributed by atoms with van der Waals surface area (Å²) in [6.45, 7) is 0. The van der Waals surface area contributed by atoms with Gasteiger partial charge in [-0.15, -0.1) is 4.91 Å². The Hall–Kier alpha value is -7.31. The predicted octanol–water partition coefficient (Wildman–Crippen LogP) is 9.65. The van der Waals surface area contributed by atoms with E-state index >= 15 is 9.59 Å². The van der Waals surface area contributed by atoms with Gasteiger partial charge in [0.2, 0.25) is 0 Å². The van der Waals surface area contributed by atoms with Crippen molar-refractivity contribution in [2.24, 2.45) is 0 Å². The quantitative estimate of drug-likeness (QED) is 0.117. The molecule has 334 valence electrons. The molecule has 6 nitrogen and oxygen atoms in total. The van der Waals surface area contributed by atoms with Gasteiger partial charge in [-0.1, -0.05) is 195 Å². The van der Waals surface area contributed by atoms with E-state index in [1.807, 2.05) is 115 Å². The van der Waals surface area contributed by atoms with E-state index in [2.05, 4.69) is 130 Å². The second kappa shape index (κ2) is 21.1. The molecule has 8 heteroatoms. The van der Waals surface area contributed by atoms with Crippen LogP contribution in [0.5, 0.6) is 0 Å². The third-order valence-corrected chi connectivity index (χ3v) is 13.3. The van der Waals surface area contributed by atoms with Gasteiger partial charge in [-0.05, 0) is 89.7 Å². The Morgan fingerprint density at radius 1 is 0.456 bits per heavy atom. The topological polar surface area (TPSA) is 97.6 Å². The number of fused-ring (bicyclic) bond motifs is 4. The number of rotatable bonds is 8. The van der Waals surface area contributed by atoms with Crippen LogP contribution in [0.3, 0.4) is 0 Å². The summed E-state index contributed by atoms with van der Waals surface area (Å²) < 4.78 is 0. The van der Waals surface area contributed by atoms with Crippen LogP contribution in [-0.2, 0) is 26.9 Å². The second-order valence-electron chi connectivity index (χ2n) is 17.1. The van der Waals surface area contributed by atoms with E-state index in [0.29, 0.717) is 22.3 Å². The molecule has 0 aromatic heterocycles. The van der Waals surface area contributed by atoms with Gasteiger partial charge in [0.1, 0.15) is 5.59 Å². The number of hydrogen-bond acceptors (Lipinski definition) is 5. The maximum absolute atomic E-state index is 15.0. The molecule has 1 radical (unpaired) electrons. The summed E-state index contributed by atoms with van der Waals surface area (Å²) in [6, 6.07) is 62.6. The molecule has 0 spiro atoms. The summed E-state index contributed by atoms with van der Waals surface area (Å²) in [5.74, 6) is -0.00998. The fraction of sp³-hybridized carbons (Fsp3) is 0.100. The SMILES string of the molecule is O=C1C(c2c(-c3ccccc3)ccc3ccccc23)=c2ccccc2=C/C1=C/N[C@H]1CCCC[C@@H]1N/C=C1/C=c2ccccc2=C(c2c(-c3ccccc3)ccc3ccccc23)C1=O.[Cl][Ru].[N]=O. The fourth-order valence-corrected chi connectivity index (χ4v) is 10.1. The molecule has 1 fully saturated rings. The van der Waals surface area contributed by atoms with Crippen LogP contribution in [0.15, 0.2) is 206 Å². The van der Waals surface area contributed by atoms with Gasteiger partial charge in [0, 0.05) is 57.9 Å². The van der Waals surface area contributed by atoms with Crippen molar-refractivity contribution in [2.45, 2.75) is 37.8 Å². The molecule has 0 unspecified atom stereocenters. The summed E-state index contributed by atoms with van der Waals surface area (Å²) in [5.41, 5.74) is 14.5. The number of benzene rings is 8. The number of ketones is 2. The maximum atomic E-state index is 15.0. The number of nitrogens with zero attached hydrogens (tertiary/aromatic N) is 1. The third kappa shape index (κ3) is 8.96. The minimum Gasteiger partial charge on any atom is -0.120 e. The largest absolute Gasteiger partial charge is 0.120 e. The molecule has 8 aromatic carbocycles. The van der Waals surface area contributed by atoms with Gasteiger partial charge in [0.25, 0.3) is 0 Å². The third-order valence-electron chi connectivity index (χ3n) is 13.3. The van der Waals surface area contributed by atoms with E-state index in [9.17, 15) is 0 Å². The maximum Gasteiger partial charge on any atom is 0.120 e. The standard InChI is InChI=1S/C60H46N2O2.ClH.NO.Ru/c63-59-45(35-43-23-9-13-27-49(43)57(59)55-47-25-11-7-21-41(47)31-33-51(55)39-17-3-1-4-18-39)37-61-53-29-15-16-30-54(53)62-38-46-36-44-24-10-14-28-50(44)58(60(46)64)56-48-26-12-8-22-42(48)32-34-52(56)40-19-5-2-6-20-40;;1-2;/h1-14,17-28,31-38,53-54,61-62H,15-16,29-30H2;1H;;/q;;;+1/p-1/b45-37-,46-38-;;;/t53-,54-;;;/m0.../s1. The van der Waals surface area contributed by atoms with Gasteiger partial charge in [-0.25, -0.2) is 0 Å². The Morgan fingerprint density at radius 2 is 0.824 bits per heavy atom. The molecule has 3 aliphatic carbocycles. The van der Waals surface area contributed by atoms with Crippen LogP contribution in [0.1, 0.15) is 36.8 Å². The Labute approximate surface area is 409 Å². The Balaban J connectivity index is 0.00000141. The van der Waals surface area contributed by atoms with Crippen molar-refractivity contribution in [3.05, 3.63) is 242 Å². The summed E-state index contributed by atoms with van der Waals surface area (Å²) in [5, 5.41) is 15.7. The first-order valence-corrected chi connectivity index (χ1v) is 25.0. The van der Waals surface area contributed by atoms with Gasteiger partial charge in [-0.2, -0.15) is 0 Å². The number of nitrogens with one attached hydrogen (secondary N) is 2. The van der Waals surface area contributed by atoms with Gasteiger partial charge in [0.15, 0.2) is 11.6 Å². The Bertz CT molecular complexity index is 3300. The first-order valence-electron chi connectivity index (χ1n) is 22.7. The van der Waals surface area contributed by atoms with Gasteiger partial charge in [-0.3, -0.25) is 9.59 Å². The fourth-order valence-electron chi connectivity index (χ4n) is 10.1. The molecule has 1 saturated carbocycles. The number of nitroso groups, excluding NO2 is 1. The van der Waals surface area contributed by atoms with Gasteiger partial charge in [0.05, 0.1) is 0 Å². The van der Waals surface area contributed by atoms with E-state index in [1.165, 1.54) is 0 Å². The average molecular weight is 994 g/mol. The van der Waals surface area contributed by atoms with E-state index in [0.717, 1.165) is 101 Å². The van der Waals surface area contributed by atoms with Crippen LogP contribution in [0.4, 0.5) is 0 Å². The van der Waals surface area contributed by atoms with Crippen molar-refractivity contribution < 1.29 is 26.9 Å². The number of carbonyl (C=O) groups is 2. The molecule has 0 heterocycles. The first-order chi connectivity index (χ1) is 33.6. The predicted molar refractivity (Wildman–Crippen MR) is 274 cm³/mol. The zero-order valence-corrected chi connectivity index (χ0v) is 39.5. The van der Waals surface area contributed by atoms with Gasteiger partial charge >= 0.3 is 27.0 Å². The number of hydrogen-bond donors (Lipinski definition) is 2. The van der Waals surface area contributed by atoms with Crippen molar-refractivity contribution in [1.29, 1.82) is 0 Å². The minimum atomic E-state index is -0.00499. The van der Waals surface area contributed by atoms with Gasteiger partial charge < -0.3 is 10.6 Å². The van der Waals surface area contributed by atoms with E-state index in [4.69, 9.17) is 10.5 Å². The smallest absolute Gasteiger partial charge is 0.120 e. The Kier molecular flexibility index (Phi) is 14.2. The molecular weight excluding hydrogens is 947 g/mol. The van der Waals surface area contributed by atoms with Crippen LogP contribution in [0, 0.1) is 4.91 Å². The Morgan fingerprint density at radius 3 is 1.25 bits per heavy atom. The molecule has 0 saturated heterocycles. The molecule has 8 aromatic rings. The molecule has 0 bridgehead atoms. The van der Waals surface area contributed by atoms with Crippen LogP contribution >= 0.6 is 9.69 Å². The van der Waals surface area contributed by atoms with E-state index in [-0.39, 0.29) is 23.7 Å². The minimum absolute atomic E-state index is 0.00499. The molecule has 3 aliphatic rings. The summed E-state index contributed by atoms with van der Waals surface area (Å²) in [4.78, 5) is 37.3. The first kappa shape index (κ1) is 45.8. The molecule has 2 N–H and O–H groups in total. The molecular formula is C60H46ClN3O3Ru. The van der Waals surface area contributed by atoms with Crippen LogP contribution in [-0.4, -0.2) is 23.7 Å². The van der Waals surface area contributed by atoms with Crippen molar-refractivity contribution in [1.82, 2.24) is 16.2 Å². The van der Waals surface area contributed by atoms with Crippen molar-refractivity contribution in [2.75, 3.05) is 0 Å². The van der Waals surface area contributed by atoms with E-state index < -0.39 is 0 Å². The normalized spacial score (nSPS) is 17.4. The van der Waals surface area contributed by atoms with Crippen molar-refractivity contribution in [3.63, 3.8) is 0 Å². The zero-order valence-electron chi connectivity index (χ0n) is 37.0. The van der Waals surface area contributed by atoms with Crippen LogP contribution < -0.4 is 37.1 Å². The van der Waals surface area contributed by atoms with Crippen molar-refractivity contribution in [3.8, 4) is 22.3 Å². The average Bonchev–Trinajstić information content (AvgIpc) is 3.41. The number of Topliss-reactive ketones (excluding diaryl/α,β-unsaturated/α-hetero) is 2. The van der Waals surface area contributed by atoms with Crippen LogP contribution in [0.25, 0.3) is 67.1 Å². The van der Waals surface area contributed by atoms with Crippen LogP contribution in [0.2, 0.25) is 0 Å². The number of carbonyl (C=O) groups excluding carboxylic acids is 2. The zero-order chi connectivity index (χ0) is 47.0. The molecule has 68 heavy (non-hydrogen) atoms. The molecule has 11 rings (SSSR count). The molecule has 2 atom stereocenters. The number of allylic oxidation sites excluding steroid dienone is 2. The molecule has 0 amide bonds. The summed E-state index contributed by atoms with van der Waals surface area (Å²) >= 11 is 1.82.